The topological polar surface area (TPSA) is 98.7 Å². The maximum absolute atomic E-state index is 11.7. The number of amides is 2. The van der Waals surface area contributed by atoms with E-state index in [4.69, 9.17) is 5.11 Å². The molecule has 0 saturated carbocycles. The Bertz CT molecular complexity index is 473. The van der Waals surface area contributed by atoms with Crippen LogP contribution in [0.4, 0.5) is 4.79 Å². The molecule has 116 valence electrons. The maximum atomic E-state index is 11.7. The summed E-state index contributed by atoms with van der Waals surface area (Å²) < 4.78 is 0. The van der Waals surface area contributed by atoms with Crippen molar-refractivity contribution in [2.24, 2.45) is 5.92 Å². The van der Waals surface area contributed by atoms with Gasteiger partial charge in [0.15, 0.2) is 0 Å². The zero-order chi connectivity index (χ0) is 15.8. The molecule has 1 rings (SSSR count). The van der Waals surface area contributed by atoms with Crippen molar-refractivity contribution in [3.8, 4) is 5.75 Å². The number of hydrogen-bond acceptors (Lipinski definition) is 3. The molecule has 21 heavy (non-hydrogen) atoms. The number of aromatic hydroxyl groups is 1. The second-order valence-corrected chi connectivity index (χ2v) is 5.13. The van der Waals surface area contributed by atoms with E-state index >= 15 is 0 Å². The molecule has 1 aromatic rings. The standard InChI is InChI=1S/C15H22N2O4/c1-3-10(2)9-16-15(21)17-13(14(19)20)8-11-4-6-12(18)7-5-11/h4-7,10,13,18H,3,8-9H2,1-2H3,(H,19,20)(H2,16,17,21)/t10?,13-/m0/s1. The van der Waals surface area contributed by atoms with E-state index in [2.05, 4.69) is 10.6 Å². The van der Waals surface area contributed by atoms with Crippen molar-refractivity contribution >= 4 is 12.0 Å². The third-order valence-corrected chi connectivity index (χ3v) is 3.29. The van der Waals surface area contributed by atoms with E-state index in [0.29, 0.717) is 12.5 Å². The van der Waals surface area contributed by atoms with E-state index in [0.717, 1.165) is 12.0 Å². The fourth-order valence-electron chi connectivity index (χ4n) is 1.69. The molecule has 0 aliphatic rings. The summed E-state index contributed by atoms with van der Waals surface area (Å²) in [6.07, 6.45) is 1.10. The first kappa shape index (κ1) is 16.8. The molecule has 2 amide bonds. The van der Waals surface area contributed by atoms with Crippen molar-refractivity contribution in [3.05, 3.63) is 29.8 Å². The molecule has 6 heteroatoms. The molecule has 0 aliphatic carbocycles. The first-order valence-corrected chi connectivity index (χ1v) is 6.97. The van der Waals surface area contributed by atoms with Gasteiger partial charge in [0.1, 0.15) is 11.8 Å². The molecular weight excluding hydrogens is 272 g/mol. The molecule has 0 fully saturated rings. The molecule has 0 aromatic heterocycles. The minimum atomic E-state index is -1.10. The summed E-state index contributed by atoms with van der Waals surface area (Å²) in [7, 11) is 0. The summed E-state index contributed by atoms with van der Waals surface area (Å²) in [4.78, 5) is 22.9. The molecule has 0 heterocycles. The van der Waals surface area contributed by atoms with Crippen LogP contribution in [0.1, 0.15) is 25.8 Å². The Hall–Kier alpha value is -2.24. The Morgan fingerprint density at radius 2 is 1.86 bits per heavy atom. The van der Waals surface area contributed by atoms with Crippen molar-refractivity contribution in [1.29, 1.82) is 0 Å². The lowest BCUT2D eigenvalue weighted by atomic mass is 10.1. The predicted octanol–water partition coefficient (Wildman–Crippen LogP) is 1.73. The van der Waals surface area contributed by atoms with E-state index in [9.17, 15) is 14.7 Å². The number of urea groups is 1. The predicted molar refractivity (Wildman–Crippen MR) is 79.2 cm³/mol. The van der Waals surface area contributed by atoms with Gasteiger partial charge in [-0.3, -0.25) is 0 Å². The maximum Gasteiger partial charge on any atom is 0.326 e. The van der Waals surface area contributed by atoms with E-state index in [1.807, 2.05) is 13.8 Å². The van der Waals surface area contributed by atoms with Crippen LogP contribution >= 0.6 is 0 Å². The number of carboxylic acid groups (broad SMARTS) is 1. The third-order valence-electron chi connectivity index (χ3n) is 3.29. The van der Waals surface area contributed by atoms with Gasteiger partial charge in [0.05, 0.1) is 0 Å². The number of phenolic OH excluding ortho intramolecular Hbond substituents is 1. The summed E-state index contributed by atoms with van der Waals surface area (Å²) in [5.74, 6) is -0.636. The highest BCUT2D eigenvalue weighted by Crippen LogP contribution is 2.11. The molecule has 1 unspecified atom stereocenters. The Morgan fingerprint density at radius 3 is 2.38 bits per heavy atom. The largest absolute Gasteiger partial charge is 0.508 e. The van der Waals surface area contributed by atoms with Crippen LogP contribution in [0.5, 0.6) is 5.75 Å². The number of aliphatic carboxylic acids is 1. The number of benzene rings is 1. The van der Waals surface area contributed by atoms with Gasteiger partial charge in [-0.25, -0.2) is 9.59 Å². The second kappa shape index (κ2) is 8.14. The fraction of sp³-hybridized carbons (Fsp3) is 0.467. The van der Waals surface area contributed by atoms with Gasteiger partial charge in [0, 0.05) is 13.0 Å². The number of carbonyl (C=O) groups is 2. The number of phenols is 1. The van der Waals surface area contributed by atoms with E-state index in [-0.39, 0.29) is 12.2 Å². The van der Waals surface area contributed by atoms with Gasteiger partial charge in [-0.2, -0.15) is 0 Å². The van der Waals surface area contributed by atoms with Crippen molar-refractivity contribution in [2.45, 2.75) is 32.7 Å². The lowest BCUT2D eigenvalue weighted by Crippen LogP contribution is -2.47. The van der Waals surface area contributed by atoms with Crippen LogP contribution in [0.15, 0.2) is 24.3 Å². The number of hydrogen-bond donors (Lipinski definition) is 4. The van der Waals surface area contributed by atoms with Gasteiger partial charge in [0.2, 0.25) is 0 Å². The van der Waals surface area contributed by atoms with Gasteiger partial charge < -0.3 is 20.8 Å². The highest BCUT2D eigenvalue weighted by atomic mass is 16.4. The smallest absolute Gasteiger partial charge is 0.326 e. The Kier molecular flexibility index (Phi) is 6.52. The summed E-state index contributed by atoms with van der Waals surface area (Å²) in [6.45, 7) is 4.54. The molecule has 6 nitrogen and oxygen atoms in total. The van der Waals surface area contributed by atoms with E-state index in [1.54, 1.807) is 12.1 Å². The number of rotatable bonds is 7. The van der Waals surface area contributed by atoms with E-state index in [1.165, 1.54) is 12.1 Å². The first-order valence-electron chi connectivity index (χ1n) is 6.97. The molecule has 0 radical (unpaired) electrons. The van der Waals surface area contributed by atoms with Gasteiger partial charge in [0.25, 0.3) is 0 Å². The molecular formula is C15H22N2O4. The fourth-order valence-corrected chi connectivity index (χ4v) is 1.69. The van der Waals surface area contributed by atoms with Crippen molar-refractivity contribution in [2.75, 3.05) is 6.54 Å². The molecule has 0 saturated heterocycles. The van der Waals surface area contributed by atoms with Gasteiger partial charge in [-0.15, -0.1) is 0 Å². The Morgan fingerprint density at radius 1 is 1.24 bits per heavy atom. The monoisotopic (exact) mass is 294 g/mol. The summed E-state index contributed by atoms with van der Waals surface area (Å²) in [5.41, 5.74) is 0.724. The van der Waals surface area contributed by atoms with Gasteiger partial charge in [-0.05, 0) is 23.6 Å². The van der Waals surface area contributed by atoms with Gasteiger partial charge in [-0.1, -0.05) is 32.4 Å². The summed E-state index contributed by atoms with van der Waals surface area (Å²) in [6, 6.07) is 4.73. The molecule has 4 N–H and O–H groups in total. The Labute approximate surface area is 124 Å². The first-order chi connectivity index (χ1) is 9.92. The quantitative estimate of drug-likeness (QED) is 0.615. The SMILES string of the molecule is CCC(C)CNC(=O)N[C@@H](Cc1ccc(O)cc1)C(=O)O. The lowest BCUT2D eigenvalue weighted by molar-refractivity contribution is -0.139. The molecule has 2 atom stereocenters. The number of carbonyl (C=O) groups excluding carboxylic acids is 1. The van der Waals surface area contributed by atoms with Crippen molar-refractivity contribution in [1.82, 2.24) is 10.6 Å². The minimum Gasteiger partial charge on any atom is -0.508 e. The average Bonchev–Trinajstić information content (AvgIpc) is 2.46. The van der Waals surface area contributed by atoms with Crippen LogP contribution in [0.3, 0.4) is 0 Å². The molecule has 0 aliphatic heterocycles. The van der Waals surface area contributed by atoms with Crippen LogP contribution in [-0.2, 0) is 11.2 Å². The highest BCUT2D eigenvalue weighted by molar-refractivity contribution is 5.82. The van der Waals surface area contributed by atoms with Crippen molar-refractivity contribution < 1.29 is 19.8 Å². The number of nitrogens with one attached hydrogen (secondary N) is 2. The molecule has 0 spiro atoms. The normalized spacial score (nSPS) is 13.2. The zero-order valence-corrected chi connectivity index (χ0v) is 12.3. The van der Waals surface area contributed by atoms with E-state index < -0.39 is 18.0 Å². The Balaban J connectivity index is 2.55. The third kappa shape index (κ3) is 6.16. The summed E-state index contributed by atoms with van der Waals surface area (Å²) >= 11 is 0. The highest BCUT2D eigenvalue weighted by Gasteiger charge is 2.20. The van der Waals surface area contributed by atoms with Gasteiger partial charge >= 0.3 is 12.0 Å². The lowest BCUT2D eigenvalue weighted by Gasteiger charge is -2.16. The average molecular weight is 294 g/mol. The second-order valence-electron chi connectivity index (χ2n) is 5.13. The number of carboxylic acids is 1. The summed E-state index contributed by atoms with van der Waals surface area (Å²) in [5, 5.41) is 23.5. The molecule has 0 bridgehead atoms. The van der Waals surface area contributed by atoms with Crippen molar-refractivity contribution in [3.63, 3.8) is 0 Å². The van der Waals surface area contributed by atoms with Crippen LogP contribution in [0.25, 0.3) is 0 Å². The van der Waals surface area contributed by atoms with Crippen LogP contribution < -0.4 is 10.6 Å². The zero-order valence-electron chi connectivity index (χ0n) is 12.3. The van der Waals surface area contributed by atoms with Crippen LogP contribution in [0.2, 0.25) is 0 Å². The molecule has 1 aromatic carbocycles. The van der Waals surface area contributed by atoms with Crippen LogP contribution in [0, 0.1) is 5.92 Å². The van der Waals surface area contributed by atoms with Crippen LogP contribution in [-0.4, -0.2) is 34.8 Å². The minimum absolute atomic E-state index is 0.116.